The fourth-order valence-electron chi connectivity index (χ4n) is 3.91. The summed E-state index contributed by atoms with van der Waals surface area (Å²) in [6.45, 7) is 5.07. The number of fused-ring (bicyclic) bond motifs is 1. The van der Waals surface area contributed by atoms with Crippen LogP contribution >= 0.6 is 11.6 Å². The Morgan fingerprint density at radius 2 is 1.74 bits per heavy atom. The van der Waals surface area contributed by atoms with Gasteiger partial charge in [0.05, 0.1) is 5.39 Å². The third kappa shape index (κ3) is 6.22. The highest BCUT2D eigenvalue weighted by Crippen LogP contribution is 2.29. The minimum absolute atomic E-state index is 0.0872. The molecule has 1 atom stereocenters. The molecule has 35 heavy (non-hydrogen) atoms. The van der Waals surface area contributed by atoms with Gasteiger partial charge in [-0.15, -0.1) is 0 Å². The summed E-state index contributed by atoms with van der Waals surface area (Å²) in [5.74, 6) is 1.11. The minimum Gasteiger partial charge on any atom is -0.491 e. The van der Waals surface area contributed by atoms with Gasteiger partial charge in [-0.05, 0) is 61.9 Å². The van der Waals surface area contributed by atoms with E-state index in [0.29, 0.717) is 34.0 Å². The van der Waals surface area contributed by atoms with Gasteiger partial charge in [-0.25, -0.2) is 0 Å². The summed E-state index contributed by atoms with van der Waals surface area (Å²) in [5.41, 5.74) is 2.99. The highest BCUT2D eigenvalue weighted by molar-refractivity contribution is 6.32. The van der Waals surface area contributed by atoms with E-state index in [-0.39, 0.29) is 17.8 Å². The number of nitrogens with zero attached hydrogens (tertiary/aromatic N) is 1. The number of aliphatic hydroxyl groups is 1. The third-order valence-corrected chi connectivity index (χ3v) is 6.21. The number of aliphatic hydroxyl groups excluding tert-OH is 1. The molecule has 0 saturated carbocycles. The van der Waals surface area contributed by atoms with Gasteiger partial charge >= 0.3 is 0 Å². The Kier molecular flexibility index (Phi) is 7.76. The third-order valence-electron chi connectivity index (χ3n) is 5.61. The second-order valence-electron chi connectivity index (χ2n) is 8.71. The Balaban J connectivity index is 1.39. The van der Waals surface area contributed by atoms with Gasteiger partial charge in [0.25, 0.3) is 0 Å². The maximum Gasteiger partial charge on any atom is 0.235 e. The number of halogens is 1. The van der Waals surface area contributed by atoms with E-state index in [0.717, 1.165) is 17.7 Å². The van der Waals surface area contributed by atoms with Crippen LogP contribution in [0.15, 0.2) is 76.1 Å². The fourth-order valence-corrected chi connectivity index (χ4v) is 4.02. The minimum atomic E-state index is -0.673. The van der Waals surface area contributed by atoms with Gasteiger partial charge in [-0.2, -0.15) is 0 Å². The van der Waals surface area contributed by atoms with Gasteiger partial charge in [0.15, 0.2) is 0 Å². The number of benzene rings is 3. The van der Waals surface area contributed by atoms with E-state index in [2.05, 4.69) is 12.1 Å². The van der Waals surface area contributed by atoms with Gasteiger partial charge in [0, 0.05) is 24.2 Å². The van der Waals surface area contributed by atoms with Crippen LogP contribution in [-0.4, -0.2) is 36.3 Å². The van der Waals surface area contributed by atoms with Crippen molar-refractivity contribution in [3.63, 3.8) is 0 Å². The zero-order valence-electron chi connectivity index (χ0n) is 20.0. The molecule has 1 heterocycles. The molecule has 0 aliphatic rings. The fraction of sp³-hybridized carbons (Fsp3) is 0.250. The Hall–Kier alpha value is -3.32. The SMILES string of the molecule is Cc1cc(Oc2coc3cc(OCC(O)CN(C)Cc4ccccc4)ccc3c2=O)cc(C)c1Cl. The number of likely N-dealkylation sites (N-methyl/N-ethyl adjacent to an activating group) is 1. The lowest BCUT2D eigenvalue weighted by molar-refractivity contribution is 0.0744. The first-order chi connectivity index (χ1) is 16.8. The predicted octanol–water partition coefficient (Wildman–Crippen LogP) is 5.73. The molecule has 0 saturated heterocycles. The van der Waals surface area contributed by atoms with Crippen LogP contribution in [0.25, 0.3) is 11.0 Å². The first kappa shape index (κ1) is 24.8. The van der Waals surface area contributed by atoms with E-state index >= 15 is 0 Å². The van der Waals surface area contributed by atoms with Gasteiger partial charge in [-0.3, -0.25) is 9.69 Å². The number of rotatable bonds is 9. The van der Waals surface area contributed by atoms with Gasteiger partial charge < -0.3 is 19.0 Å². The van der Waals surface area contributed by atoms with Gasteiger partial charge in [0.2, 0.25) is 11.2 Å². The lowest BCUT2D eigenvalue weighted by atomic mass is 10.1. The Morgan fingerprint density at radius 1 is 1.03 bits per heavy atom. The molecule has 7 heteroatoms. The zero-order valence-corrected chi connectivity index (χ0v) is 20.7. The first-order valence-corrected chi connectivity index (χ1v) is 11.7. The quantitative estimate of drug-likeness (QED) is 0.321. The van der Waals surface area contributed by atoms with E-state index in [1.807, 2.05) is 44.0 Å². The molecule has 4 rings (SSSR count). The second-order valence-corrected chi connectivity index (χ2v) is 9.09. The average molecular weight is 494 g/mol. The first-order valence-electron chi connectivity index (χ1n) is 11.3. The number of hydrogen-bond acceptors (Lipinski definition) is 6. The van der Waals surface area contributed by atoms with Crippen molar-refractivity contribution in [3.05, 3.63) is 98.9 Å². The summed E-state index contributed by atoms with van der Waals surface area (Å²) in [6, 6.07) is 18.6. The highest BCUT2D eigenvalue weighted by Gasteiger charge is 2.13. The molecule has 0 fully saturated rings. The topological polar surface area (TPSA) is 72.1 Å². The van der Waals surface area contributed by atoms with Crippen LogP contribution in [0, 0.1) is 13.8 Å². The molecule has 1 N–H and O–H groups in total. The van der Waals surface area contributed by atoms with Gasteiger partial charge in [0.1, 0.15) is 36.1 Å². The number of ether oxygens (including phenoxy) is 2. The maximum absolute atomic E-state index is 12.9. The van der Waals surface area contributed by atoms with Crippen LogP contribution in [0.3, 0.4) is 0 Å². The van der Waals surface area contributed by atoms with Crippen molar-refractivity contribution in [1.29, 1.82) is 0 Å². The molecule has 0 aliphatic heterocycles. The van der Waals surface area contributed by atoms with E-state index in [1.54, 1.807) is 30.3 Å². The van der Waals surface area contributed by atoms with Crippen LogP contribution in [0.4, 0.5) is 0 Å². The summed E-state index contributed by atoms with van der Waals surface area (Å²) >= 11 is 6.21. The van der Waals surface area contributed by atoms with Crippen molar-refractivity contribution < 1.29 is 19.0 Å². The summed E-state index contributed by atoms with van der Waals surface area (Å²) in [7, 11) is 1.95. The van der Waals surface area contributed by atoms with Crippen molar-refractivity contribution in [2.24, 2.45) is 0 Å². The summed E-state index contributed by atoms with van der Waals surface area (Å²) in [4.78, 5) is 15.0. The van der Waals surface area contributed by atoms with Crippen LogP contribution in [0.5, 0.6) is 17.2 Å². The molecular formula is C28H28ClNO5. The molecule has 0 spiro atoms. The normalized spacial score (nSPS) is 12.2. The van der Waals surface area contributed by atoms with E-state index in [1.165, 1.54) is 11.8 Å². The Morgan fingerprint density at radius 3 is 2.46 bits per heavy atom. The van der Waals surface area contributed by atoms with Crippen LogP contribution in [0.1, 0.15) is 16.7 Å². The second kappa shape index (κ2) is 11.0. The highest BCUT2D eigenvalue weighted by atomic mass is 35.5. The molecular weight excluding hydrogens is 466 g/mol. The molecule has 1 unspecified atom stereocenters. The molecule has 4 aromatic rings. The Labute approximate surface area is 209 Å². The van der Waals surface area contributed by atoms with E-state index in [4.69, 9.17) is 25.5 Å². The molecule has 1 aromatic heterocycles. The molecule has 182 valence electrons. The molecule has 6 nitrogen and oxygen atoms in total. The van der Waals surface area contributed by atoms with E-state index in [9.17, 15) is 9.90 Å². The lowest BCUT2D eigenvalue weighted by Crippen LogP contribution is -2.32. The zero-order chi connectivity index (χ0) is 24.9. The predicted molar refractivity (Wildman–Crippen MR) is 138 cm³/mol. The molecule has 0 bridgehead atoms. The van der Waals surface area contributed by atoms with Crippen molar-refractivity contribution in [2.75, 3.05) is 20.2 Å². The van der Waals surface area contributed by atoms with Gasteiger partial charge in [-0.1, -0.05) is 41.9 Å². The molecule has 0 radical (unpaired) electrons. The van der Waals surface area contributed by atoms with E-state index < -0.39 is 6.10 Å². The molecule has 0 aliphatic carbocycles. The van der Waals surface area contributed by atoms with Crippen molar-refractivity contribution in [2.45, 2.75) is 26.5 Å². The summed E-state index contributed by atoms with van der Waals surface area (Å²) in [5, 5.41) is 11.4. The number of aryl methyl sites for hydroxylation is 2. The monoisotopic (exact) mass is 493 g/mol. The van der Waals surface area contributed by atoms with Crippen molar-refractivity contribution >= 4 is 22.6 Å². The van der Waals surface area contributed by atoms with Crippen molar-refractivity contribution in [3.8, 4) is 17.2 Å². The lowest BCUT2D eigenvalue weighted by Gasteiger charge is -2.21. The standard InChI is InChI=1S/C28H28ClNO5/c1-18-11-23(12-19(2)27(18)29)35-26-17-34-25-13-22(9-10-24(25)28(26)32)33-16-21(31)15-30(3)14-20-7-5-4-6-8-20/h4-13,17,21,31H,14-16H2,1-3H3. The van der Waals surface area contributed by atoms with Crippen LogP contribution in [-0.2, 0) is 6.54 Å². The summed E-state index contributed by atoms with van der Waals surface area (Å²) in [6.07, 6.45) is 0.620. The smallest absolute Gasteiger partial charge is 0.235 e. The Bertz CT molecular complexity index is 1350. The average Bonchev–Trinajstić information content (AvgIpc) is 2.83. The maximum atomic E-state index is 12.9. The van der Waals surface area contributed by atoms with Crippen LogP contribution in [0.2, 0.25) is 5.02 Å². The molecule has 3 aromatic carbocycles. The largest absolute Gasteiger partial charge is 0.491 e. The molecule has 0 amide bonds. The van der Waals surface area contributed by atoms with Crippen molar-refractivity contribution in [1.82, 2.24) is 4.90 Å². The summed E-state index contributed by atoms with van der Waals surface area (Å²) < 4.78 is 17.2. The van der Waals surface area contributed by atoms with Crippen LogP contribution < -0.4 is 14.9 Å². The number of hydrogen-bond donors (Lipinski definition) is 1.